The highest BCUT2D eigenvalue weighted by Crippen LogP contribution is 2.21. The number of benzene rings is 2. The summed E-state index contributed by atoms with van der Waals surface area (Å²) >= 11 is 0. The van der Waals surface area contributed by atoms with Gasteiger partial charge in [0, 0.05) is 23.4 Å². The van der Waals surface area contributed by atoms with Gasteiger partial charge in [0.05, 0.1) is 5.69 Å². The quantitative estimate of drug-likeness (QED) is 0.664. The number of aryl methyl sites for hydroxylation is 1. The van der Waals surface area contributed by atoms with Crippen molar-refractivity contribution in [1.82, 2.24) is 4.98 Å². The lowest BCUT2D eigenvalue weighted by Gasteiger charge is -2.05. The van der Waals surface area contributed by atoms with Crippen LogP contribution in [-0.4, -0.2) is 10.9 Å². The van der Waals surface area contributed by atoms with E-state index in [1.165, 1.54) is 17.7 Å². The second kappa shape index (κ2) is 9.74. The molecule has 3 rings (SSSR count). The van der Waals surface area contributed by atoms with E-state index >= 15 is 0 Å². The van der Waals surface area contributed by atoms with E-state index in [0.717, 1.165) is 18.1 Å². The van der Waals surface area contributed by atoms with Crippen molar-refractivity contribution in [2.45, 2.75) is 27.2 Å². The molecule has 0 radical (unpaired) electrons. The van der Waals surface area contributed by atoms with Crippen molar-refractivity contribution in [2.24, 2.45) is 11.7 Å². The van der Waals surface area contributed by atoms with Crippen molar-refractivity contribution < 1.29 is 13.6 Å². The van der Waals surface area contributed by atoms with Crippen LogP contribution in [0.4, 0.5) is 8.78 Å². The van der Waals surface area contributed by atoms with E-state index in [1.54, 1.807) is 18.3 Å². The van der Waals surface area contributed by atoms with Gasteiger partial charge in [0.15, 0.2) is 0 Å². The lowest BCUT2D eigenvalue weighted by atomic mass is 10.0. The predicted octanol–water partition coefficient (Wildman–Crippen LogP) is 5.32. The van der Waals surface area contributed by atoms with Crippen LogP contribution in [0, 0.1) is 24.5 Å². The van der Waals surface area contributed by atoms with Crippen LogP contribution in [0.25, 0.3) is 11.3 Å². The summed E-state index contributed by atoms with van der Waals surface area (Å²) in [5, 5.41) is 0. The molecule has 1 heterocycles. The highest BCUT2D eigenvalue weighted by Gasteiger charge is 2.07. The number of hydrogen-bond donors (Lipinski definition) is 1. The van der Waals surface area contributed by atoms with Gasteiger partial charge in [-0.2, -0.15) is 0 Å². The number of pyridine rings is 1. The molecule has 0 fully saturated rings. The molecule has 3 nitrogen and oxygen atoms in total. The maximum Gasteiger partial charge on any atom is 0.248 e. The van der Waals surface area contributed by atoms with Crippen LogP contribution in [0.1, 0.15) is 35.3 Å². The van der Waals surface area contributed by atoms with Crippen molar-refractivity contribution >= 4 is 5.91 Å². The third kappa shape index (κ3) is 6.27. The minimum atomic E-state index is -0.590. The molecule has 3 aromatic rings. The van der Waals surface area contributed by atoms with Crippen molar-refractivity contribution in [3.05, 3.63) is 89.1 Å². The fourth-order valence-electron chi connectivity index (χ4n) is 2.70. The molecule has 2 N–H and O–H groups in total. The summed E-state index contributed by atoms with van der Waals surface area (Å²) in [6.07, 6.45) is 2.59. The molecular weight excluding hydrogens is 358 g/mol. The molecular formula is C23H24F2N2O. The van der Waals surface area contributed by atoms with Crippen molar-refractivity contribution in [1.29, 1.82) is 0 Å². The molecule has 0 saturated carbocycles. The van der Waals surface area contributed by atoms with Crippen LogP contribution in [0.15, 0.2) is 60.8 Å². The Hall–Kier alpha value is -3.08. The number of amides is 1. The molecule has 0 spiro atoms. The van der Waals surface area contributed by atoms with Crippen molar-refractivity contribution in [3.63, 3.8) is 0 Å². The number of carbonyl (C=O) groups is 1. The predicted molar refractivity (Wildman–Crippen MR) is 108 cm³/mol. The first-order chi connectivity index (χ1) is 13.3. The molecule has 0 bridgehead atoms. The second-order valence-corrected chi connectivity index (χ2v) is 7.01. The number of aromatic nitrogens is 1. The van der Waals surface area contributed by atoms with E-state index < -0.39 is 11.6 Å². The van der Waals surface area contributed by atoms with Gasteiger partial charge in [0.2, 0.25) is 5.91 Å². The van der Waals surface area contributed by atoms with Gasteiger partial charge in [-0.3, -0.25) is 9.78 Å². The first-order valence-corrected chi connectivity index (χ1v) is 9.03. The third-order valence-electron chi connectivity index (χ3n) is 3.98. The van der Waals surface area contributed by atoms with Gasteiger partial charge in [0.25, 0.3) is 0 Å². The highest BCUT2D eigenvalue weighted by molar-refractivity contribution is 5.92. The van der Waals surface area contributed by atoms with E-state index in [-0.39, 0.29) is 5.91 Å². The Morgan fingerprint density at radius 2 is 1.82 bits per heavy atom. The zero-order chi connectivity index (χ0) is 20.7. The first kappa shape index (κ1) is 21.2. The summed E-state index contributed by atoms with van der Waals surface area (Å²) in [6, 6.07) is 14.6. The molecule has 1 aromatic heterocycles. The van der Waals surface area contributed by atoms with Crippen LogP contribution >= 0.6 is 0 Å². The molecule has 1 amide bonds. The summed E-state index contributed by atoms with van der Waals surface area (Å²) in [6.45, 7) is 6.19. The van der Waals surface area contributed by atoms with Gasteiger partial charge in [-0.1, -0.05) is 26.0 Å². The number of halogens is 2. The van der Waals surface area contributed by atoms with Crippen LogP contribution in [0.5, 0.6) is 0 Å². The maximum absolute atomic E-state index is 13.4. The largest absolute Gasteiger partial charge is 0.366 e. The average Bonchev–Trinajstić information content (AvgIpc) is 2.62. The number of carbonyl (C=O) groups excluding carboxylic acids is 1. The Kier molecular flexibility index (Phi) is 7.38. The summed E-state index contributed by atoms with van der Waals surface area (Å²) in [4.78, 5) is 14.9. The number of rotatable bonds is 4. The van der Waals surface area contributed by atoms with E-state index in [9.17, 15) is 13.6 Å². The fourth-order valence-corrected chi connectivity index (χ4v) is 2.70. The molecule has 0 saturated heterocycles. The molecule has 0 atom stereocenters. The second-order valence-electron chi connectivity index (χ2n) is 7.01. The Balaban J connectivity index is 0.000000203. The standard InChI is InChI=1S/C12H9F2N.C11H15NO/c1-8-4-5-15-12(6-8)10-3-2-9(13)7-11(10)14;1-8(2)6-9-4-3-5-10(7-9)11(12)13/h2-7H,1H3;3-5,7-8H,6H2,1-2H3,(H2,12,13). The number of nitrogens with two attached hydrogens (primary N) is 1. The summed E-state index contributed by atoms with van der Waals surface area (Å²) < 4.78 is 26.1. The van der Waals surface area contributed by atoms with Crippen LogP contribution in [0.3, 0.4) is 0 Å². The minimum Gasteiger partial charge on any atom is -0.366 e. The van der Waals surface area contributed by atoms with Gasteiger partial charge < -0.3 is 5.73 Å². The Morgan fingerprint density at radius 1 is 1.07 bits per heavy atom. The van der Waals surface area contributed by atoms with Crippen LogP contribution in [-0.2, 0) is 6.42 Å². The molecule has 0 aliphatic carbocycles. The highest BCUT2D eigenvalue weighted by atomic mass is 19.1. The third-order valence-corrected chi connectivity index (χ3v) is 3.98. The van der Waals surface area contributed by atoms with Crippen molar-refractivity contribution in [3.8, 4) is 11.3 Å². The first-order valence-electron chi connectivity index (χ1n) is 9.03. The maximum atomic E-state index is 13.4. The molecule has 0 aliphatic rings. The van der Waals surface area contributed by atoms with Gasteiger partial charge in [-0.15, -0.1) is 0 Å². The lowest BCUT2D eigenvalue weighted by Crippen LogP contribution is -2.11. The fraction of sp³-hybridized carbons (Fsp3) is 0.217. The van der Waals surface area contributed by atoms with Crippen LogP contribution in [0.2, 0.25) is 0 Å². The van der Waals surface area contributed by atoms with Gasteiger partial charge in [-0.25, -0.2) is 8.78 Å². The number of primary amides is 1. The van der Waals surface area contributed by atoms with E-state index in [4.69, 9.17) is 5.73 Å². The zero-order valence-electron chi connectivity index (χ0n) is 16.2. The number of nitrogens with zero attached hydrogens (tertiary/aromatic N) is 1. The zero-order valence-corrected chi connectivity index (χ0v) is 16.2. The summed E-state index contributed by atoms with van der Waals surface area (Å²) in [5.41, 5.74) is 8.77. The normalized spacial score (nSPS) is 10.4. The minimum absolute atomic E-state index is 0.320. The Morgan fingerprint density at radius 3 is 2.43 bits per heavy atom. The Bertz CT molecular complexity index is 955. The van der Waals surface area contributed by atoms with Gasteiger partial charge >= 0.3 is 0 Å². The molecule has 5 heteroatoms. The molecule has 0 aliphatic heterocycles. The van der Waals surface area contributed by atoms with Gasteiger partial charge in [-0.05, 0) is 66.8 Å². The SMILES string of the molecule is CC(C)Cc1cccc(C(N)=O)c1.Cc1ccnc(-c2ccc(F)cc2F)c1. The van der Waals surface area contributed by atoms with E-state index in [1.807, 2.05) is 31.2 Å². The number of hydrogen-bond acceptors (Lipinski definition) is 2. The lowest BCUT2D eigenvalue weighted by molar-refractivity contribution is 0.1000. The summed E-state index contributed by atoms with van der Waals surface area (Å²) in [7, 11) is 0. The Labute approximate surface area is 164 Å². The van der Waals surface area contributed by atoms with E-state index in [2.05, 4.69) is 18.8 Å². The van der Waals surface area contributed by atoms with Crippen molar-refractivity contribution in [2.75, 3.05) is 0 Å². The van der Waals surface area contributed by atoms with Crippen LogP contribution < -0.4 is 5.73 Å². The van der Waals surface area contributed by atoms with Gasteiger partial charge in [0.1, 0.15) is 11.6 Å². The molecule has 28 heavy (non-hydrogen) atoms. The van der Waals surface area contributed by atoms with E-state index in [0.29, 0.717) is 22.7 Å². The average molecular weight is 382 g/mol. The molecule has 146 valence electrons. The monoisotopic (exact) mass is 382 g/mol. The smallest absolute Gasteiger partial charge is 0.248 e. The summed E-state index contributed by atoms with van der Waals surface area (Å²) in [5.74, 6) is -0.925. The topological polar surface area (TPSA) is 56.0 Å². The molecule has 2 aromatic carbocycles. The molecule has 0 unspecified atom stereocenters.